The first-order valence-corrected chi connectivity index (χ1v) is 9.26. The van der Waals surface area contributed by atoms with E-state index in [2.05, 4.69) is 0 Å². The first-order chi connectivity index (χ1) is 11.5. The highest BCUT2D eigenvalue weighted by molar-refractivity contribution is 8.04. The third-order valence-corrected chi connectivity index (χ3v) is 5.47. The molecule has 1 aliphatic heterocycles. The van der Waals surface area contributed by atoms with Crippen molar-refractivity contribution in [1.82, 2.24) is 0 Å². The summed E-state index contributed by atoms with van der Waals surface area (Å²) in [4.78, 5) is 28.5. The lowest BCUT2D eigenvalue weighted by molar-refractivity contribution is -0.119. The molecule has 0 fully saturated rings. The molecule has 24 heavy (non-hydrogen) atoms. The van der Waals surface area contributed by atoms with Gasteiger partial charge in [0.05, 0.1) is 23.3 Å². The Morgan fingerprint density at radius 2 is 1.79 bits per heavy atom. The predicted molar refractivity (Wildman–Crippen MR) is 99.5 cm³/mol. The SMILES string of the molecule is COc1ccc(N2C(=O)C(SC(C)C)=C(c3cccs3)C2=O)cc1. The highest BCUT2D eigenvalue weighted by Crippen LogP contribution is 2.41. The number of methoxy groups -OCH3 is 1. The zero-order chi connectivity index (χ0) is 17.3. The number of thioether (sulfide) groups is 1. The number of benzene rings is 1. The monoisotopic (exact) mass is 359 g/mol. The molecular formula is C18H17NO3S2. The summed E-state index contributed by atoms with van der Waals surface area (Å²) in [7, 11) is 1.58. The first-order valence-electron chi connectivity index (χ1n) is 7.50. The van der Waals surface area contributed by atoms with E-state index in [4.69, 9.17) is 4.74 Å². The van der Waals surface area contributed by atoms with Crippen LogP contribution in [-0.4, -0.2) is 24.2 Å². The van der Waals surface area contributed by atoms with Crippen molar-refractivity contribution in [2.24, 2.45) is 0 Å². The summed E-state index contributed by atoms with van der Waals surface area (Å²) in [6, 6.07) is 10.7. The highest BCUT2D eigenvalue weighted by atomic mass is 32.2. The van der Waals surface area contributed by atoms with Gasteiger partial charge in [0.25, 0.3) is 11.8 Å². The molecule has 1 aliphatic rings. The minimum absolute atomic E-state index is 0.211. The molecule has 0 radical (unpaired) electrons. The Labute approximate surface area is 149 Å². The first kappa shape index (κ1) is 16.8. The maximum absolute atomic E-state index is 13.0. The van der Waals surface area contributed by atoms with E-state index in [1.54, 1.807) is 31.4 Å². The molecule has 0 saturated carbocycles. The van der Waals surface area contributed by atoms with E-state index in [0.29, 0.717) is 21.9 Å². The Morgan fingerprint density at radius 3 is 2.33 bits per heavy atom. The van der Waals surface area contributed by atoms with Crippen molar-refractivity contribution < 1.29 is 14.3 Å². The topological polar surface area (TPSA) is 46.6 Å². The van der Waals surface area contributed by atoms with Gasteiger partial charge in [-0.1, -0.05) is 19.9 Å². The summed E-state index contributed by atoms with van der Waals surface area (Å²) in [5.74, 6) is 0.157. The number of carbonyl (C=O) groups excluding carboxylic acids is 2. The van der Waals surface area contributed by atoms with Gasteiger partial charge in [-0.05, 0) is 35.7 Å². The van der Waals surface area contributed by atoms with E-state index >= 15 is 0 Å². The molecule has 2 aromatic rings. The molecule has 1 aromatic heterocycles. The van der Waals surface area contributed by atoms with Gasteiger partial charge in [-0.3, -0.25) is 9.59 Å². The number of hydrogen-bond donors (Lipinski definition) is 0. The maximum Gasteiger partial charge on any atom is 0.272 e. The Hall–Kier alpha value is -2.05. The largest absolute Gasteiger partial charge is 0.497 e. The van der Waals surface area contributed by atoms with Crippen LogP contribution in [0.4, 0.5) is 5.69 Å². The lowest BCUT2D eigenvalue weighted by Crippen LogP contribution is -2.31. The molecular weight excluding hydrogens is 342 g/mol. The molecule has 0 saturated heterocycles. The normalized spacial score (nSPS) is 14.9. The second-order valence-electron chi connectivity index (χ2n) is 5.49. The molecule has 0 unspecified atom stereocenters. The molecule has 0 aliphatic carbocycles. The van der Waals surface area contributed by atoms with Gasteiger partial charge in [0, 0.05) is 10.1 Å². The van der Waals surface area contributed by atoms with Crippen LogP contribution in [0.1, 0.15) is 18.7 Å². The van der Waals surface area contributed by atoms with Crippen LogP contribution < -0.4 is 9.64 Å². The molecule has 2 heterocycles. The van der Waals surface area contributed by atoms with Gasteiger partial charge in [0.15, 0.2) is 0 Å². The van der Waals surface area contributed by atoms with Gasteiger partial charge in [-0.15, -0.1) is 23.1 Å². The lowest BCUT2D eigenvalue weighted by atomic mass is 10.2. The summed E-state index contributed by atoms with van der Waals surface area (Å²) < 4.78 is 5.14. The van der Waals surface area contributed by atoms with Crippen LogP contribution in [0.25, 0.3) is 5.57 Å². The molecule has 1 aromatic carbocycles. The van der Waals surface area contributed by atoms with E-state index in [1.165, 1.54) is 28.0 Å². The second kappa shape index (κ2) is 6.83. The molecule has 0 N–H and O–H groups in total. The molecule has 0 atom stereocenters. The third-order valence-electron chi connectivity index (χ3n) is 3.49. The average molecular weight is 359 g/mol. The summed E-state index contributed by atoms with van der Waals surface area (Å²) in [6.07, 6.45) is 0. The molecule has 124 valence electrons. The molecule has 0 bridgehead atoms. The van der Waals surface area contributed by atoms with E-state index in [0.717, 1.165) is 4.88 Å². The highest BCUT2D eigenvalue weighted by Gasteiger charge is 2.40. The Kier molecular flexibility index (Phi) is 4.78. The fourth-order valence-electron chi connectivity index (χ4n) is 2.46. The fraction of sp³-hybridized carbons (Fsp3) is 0.222. The number of amides is 2. The van der Waals surface area contributed by atoms with Crippen molar-refractivity contribution in [2.45, 2.75) is 19.1 Å². The quantitative estimate of drug-likeness (QED) is 0.751. The lowest BCUT2D eigenvalue weighted by Gasteiger charge is -2.15. The van der Waals surface area contributed by atoms with Crippen LogP contribution in [-0.2, 0) is 9.59 Å². The van der Waals surface area contributed by atoms with Gasteiger partial charge in [0.2, 0.25) is 0 Å². The number of carbonyl (C=O) groups is 2. The summed E-state index contributed by atoms with van der Waals surface area (Å²) >= 11 is 2.91. The number of thiophene rings is 1. The van der Waals surface area contributed by atoms with Crippen molar-refractivity contribution >= 4 is 46.2 Å². The van der Waals surface area contributed by atoms with Gasteiger partial charge in [0.1, 0.15) is 5.75 Å². The molecule has 3 rings (SSSR count). The van der Waals surface area contributed by atoms with Crippen LogP contribution in [0.3, 0.4) is 0 Å². The van der Waals surface area contributed by atoms with Gasteiger partial charge in [-0.2, -0.15) is 0 Å². The Morgan fingerprint density at radius 1 is 1.08 bits per heavy atom. The van der Waals surface area contributed by atoms with Gasteiger partial charge < -0.3 is 4.74 Å². The number of nitrogens with zero attached hydrogens (tertiary/aromatic N) is 1. The van der Waals surface area contributed by atoms with Crippen molar-refractivity contribution in [1.29, 1.82) is 0 Å². The summed E-state index contributed by atoms with van der Waals surface area (Å²) in [5, 5.41) is 2.12. The third kappa shape index (κ3) is 2.99. The smallest absolute Gasteiger partial charge is 0.272 e. The van der Waals surface area contributed by atoms with Crippen molar-refractivity contribution in [3.63, 3.8) is 0 Å². The van der Waals surface area contributed by atoms with E-state index < -0.39 is 0 Å². The van der Waals surface area contributed by atoms with E-state index in [9.17, 15) is 9.59 Å². The summed E-state index contributed by atoms with van der Waals surface area (Å²) in [6.45, 7) is 4.02. The van der Waals surface area contributed by atoms with Gasteiger partial charge >= 0.3 is 0 Å². The van der Waals surface area contributed by atoms with Crippen LogP contribution >= 0.6 is 23.1 Å². The zero-order valence-corrected chi connectivity index (χ0v) is 15.2. The van der Waals surface area contributed by atoms with E-state index in [1.807, 2.05) is 31.4 Å². The molecule has 2 amide bonds. The standard InChI is InChI=1S/C18H17NO3S2/c1-11(2)24-16-15(14-5-4-10-23-14)17(20)19(18(16)21)12-6-8-13(22-3)9-7-12/h4-11H,1-3H3. The average Bonchev–Trinajstić information content (AvgIpc) is 3.15. The van der Waals surface area contributed by atoms with Crippen LogP contribution in [0.5, 0.6) is 5.75 Å². The van der Waals surface area contributed by atoms with Crippen molar-refractivity contribution in [3.05, 3.63) is 51.6 Å². The molecule has 4 nitrogen and oxygen atoms in total. The Bertz CT molecular complexity index is 792. The number of imide groups is 1. The number of hydrogen-bond acceptors (Lipinski definition) is 5. The van der Waals surface area contributed by atoms with Crippen LogP contribution in [0, 0.1) is 0 Å². The minimum atomic E-state index is -0.268. The van der Waals surface area contributed by atoms with Crippen molar-refractivity contribution in [2.75, 3.05) is 12.0 Å². The Balaban J connectivity index is 2.03. The molecule has 6 heteroatoms. The van der Waals surface area contributed by atoms with Crippen LogP contribution in [0.15, 0.2) is 46.7 Å². The number of rotatable bonds is 5. The zero-order valence-electron chi connectivity index (χ0n) is 13.6. The van der Waals surface area contributed by atoms with Crippen molar-refractivity contribution in [3.8, 4) is 5.75 Å². The van der Waals surface area contributed by atoms with E-state index in [-0.39, 0.29) is 17.1 Å². The molecule has 0 spiro atoms. The fourth-order valence-corrected chi connectivity index (χ4v) is 4.27. The summed E-state index contributed by atoms with van der Waals surface area (Å²) in [5.41, 5.74) is 1.06. The van der Waals surface area contributed by atoms with Gasteiger partial charge in [-0.25, -0.2) is 4.90 Å². The number of ether oxygens (including phenoxy) is 1. The predicted octanol–water partition coefficient (Wildman–Crippen LogP) is 4.18. The minimum Gasteiger partial charge on any atom is -0.497 e. The second-order valence-corrected chi connectivity index (χ2v) is 8.03. The maximum atomic E-state index is 13.0. The van der Waals surface area contributed by atoms with Crippen LogP contribution in [0.2, 0.25) is 0 Å². The number of anilines is 1.